The number of carbonyl (C=O) groups is 2. The van der Waals surface area contributed by atoms with Crippen molar-refractivity contribution in [3.8, 4) is 0 Å². The first kappa shape index (κ1) is 19.8. The number of rotatable bonds is 7. The van der Waals surface area contributed by atoms with Crippen molar-refractivity contribution in [2.75, 3.05) is 6.54 Å². The number of fused-ring (bicyclic) bond motifs is 2. The third-order valence-corrected chi connectivity index (χ3v) is 5.35. The number of aromatic nitrogens is 2. The van der Waals surface area contributed by atoms with Gasteiger partial charge in [-0.15, -0.1) is 0 Å². The van der Waals surface area contributed by atoms with Crippen molar-refractivity contribution in [1.82, 2.24) is 20.6 Å². The van der Waals surface area contributed by atoms with E-state index < -0.39 is 0 Å². The Balaban J connectivity index is 1.27. The summed E-state index contributed by atoms with van der Waals surface area (Å²) in [6, 6.07) is 15.1. The van der Waals surface area contributed by atoms with Crippen molar-refractivity contribution < 1.29 is 9.59 Å². The fourth-order valence-electron chi connectivity index (χ4n) is 3.67. The van der Waals surface area contributed by atoms with Crippen LogP contribution in [-0.4, -0.2) is 33.9 Å². The minimum absolute atomic E-state index is 0.0836. The molecule has 0 radical (unpaired) electrons. The first-order valence-electron chi connectivity index (χ1n) is 10.2. The highest BCUT2D eigenvalue weighted by Gasteiger charge is 2.21. The Morgan fingerprint density at radius 1 is 0.833 bits per heavy atom. The molecule has 4 aromatic rings. The van der Waals surface area contributed by atoms with Crippen LogP contribution in [0.15, 0.2) is 60.9 Å². The molecule has 6 heteroatoms. The maximum Gasteiger partial charge on any atom is 0.251 e. The van der Waals surface area contributed by atoms with E-state index in [0.29, 0.717) is 17.7 Å². The number of benzene rings is 2. The van der Waals surface area contributed by atoms with Crippen molar-refractivity contribution in [2.45, 2.75) is 32.2 Å². The van der Waals surface area contributed by atoms with Crippen LogP contribution in [-0.2, 0) is 0 Å². The van der Waals surface area contributed by atoms with E-state index in [0.717, 1.165) is 34.6 Å². The van der Waals surface area contributed by atoms with Gasteiger partial charge in [-0.1, -0.05) is 0 Å². The van der Waals surface area contributed by atoms with Crippen LogP contribution in [0.25, 0.3) is 21.8 Å². The summed E-state index contributed by atoms with van der Waals surface area (Å²) in [5.74, 6) is -0.174. The summed E-state index contributed by atoms with van der Waals surface area (Å²) >= 11 is 0. The fraction of sp³-hybridized carbons (Fsp3) is 0.250. The predicted octanol–water partition coefficient (Wildman–Crippen LogP) is 4.37. The van der Waals surface area contributed by atoms with Gasteiger partial charge in [-0.25, -0.2) is 0 Å². The zero-order valence-corrected chi connectivity index (χ0v) is 17.2. The molecule has 0 fully saturated rings. The van der Waals surface area contributed by atoms with Gasteiger partial charge in [0.25, 0.3) is 11.8 Å². The van der Waals surface area contributed by atoms with Gasteiger partial charge < -0.3 is 20.6 Å². The van der Waals surface area contributed by atoms with Gasteiger partial charge in [0.1, 0.15) is 0 Å². The largest absolute Gasteiger partial charge is 0.361 e. The number of amides is 2. The van der Waals surface area contributed by atoms with Gasteiger partial charge in [-0.2, -0.15) is 0 Å². The number of carbonyl (C=O) groups excluding carboxylic acids is 2. The maximum absolute atomic E-state index is 12.6. The minimum atomic E-state index is -0.376. The van der Waals surface area contributed by atoms with E-state index in [2.05, 4.69) is 20.6 Å². The van der Waals surface area contributed by atoms with Crippen LogP contribution < -0.4 is 10.6 Å². The molecule has 2 aromatic heterocycles. The summed E-state index contributed by atoms with van der Waals surface area (Å²) in [7, 11) is 0. The molecule has 154 valence electrons. The van der Waals surface area contributed by atoms with Crippen molar-refractivity contribution in [2.24, 2.45) is 0 Å². The summed E-state index contributed by atoms with van der Waals surface area (Å²) in [4.78, 5) is 31.3. The molecule has 0 aliphatic rings. The Morgan fingerprint density at radius 2 is 1.40 bits per heavy atom. The average molecular weight is 402 g/mol. The summed E-state index contributed by atoms with van der Waals surface area (Å²) in [6.45, 7) is 4.56. The van der Waals surface area contributed by atoms with Gasteiger partial charge >= 0.3 is 0 Å². The number of hydrogen-bond acceptors (Lipinski definition) is 2. The van der Waals surface area contributed by atoms with E-state index in [1.807, 2.05) is 74.8 Å². The molecule has 2 heterocycles. The Kier molecular flexibility index (Phi) is 5.31. The van der Waals surface area contributed by atoms with Crippen LogP contribution in [0.2, 0.25) is 0 Å². The van der Waals surface area contributed by atoms with E-state index in [1.165, 1.54) is 0 Å². The number of hydrogen-bond donors (Lipinski definition) is 4. The van der Waals surface area contributed by atoms with Crippen molar-refractivity contribution in [1.29, 1.82) is 0 Å². The lowest BCUT2D eigenvalue weighted by molar-refractivity contribution is 0.0901. The summed E-state index contributed by atoms with van der Waals surface area (Å²) in [5, 5.41) is 8.10. The Morgan fingerprint density at radius 3 is 2.00 bits per heavy atom. The highest BCUT2D eigenvalue weighted by Crippen LogP contribution is 2.17. The van der Waals surface area contributed by atoms with Crippen molar-refractivity contribution in [3.63, 3.8) is 0 Å². The molecule has 0 unspecified atom stereocenters. The van der Waals surface area contributed by atoms with Crippen LogP contribution >= 0.6 is 0 Å². The lowest BCUT2D eigenvalue weighted by Gasteiger charge is -2.26. The summed E-state index contributed by atoms with van der Waals surface area (Å²) in [6.07, 6.45) is 5.24. The van der Waals surface area contributed by atoms with Crippen LogP contribution in [0.4, 0.5) is 0 Å². The number of aromatic amines is 2. The molecule has 4 rings (SSSR count). The van der Waals surface area contributed by atoms with E-state index in [9.17, 15) is 9.59 Å². The molecule has 0 bridgehead atoms. The SMILES string of the molecule is CC(C)(CCCNC(=O)c1ccc2[nH]ccc2c1)NC(=O)c1ccc2[nH]ccc2c1. The molecule has 0 atom stereocenters. The Labute approximate surface area is 175 Å². The second kappa shape index (κ2) is 8.06. The number of nitrogens with one attached hydrogen (secondary N) is 4. The molecule has 30 heavy (non-hydrogen) atoms. The van der Waals surface area contributed by atoms with E-state index in [-0.39, 0.29) is 17.4 Å². The van der Waals surface area contributed by atoms with Gasteiger partial charge in [0.05, 0.1) is 0 Å². The van der Waals surface area contributed by atoms with Gasteiger partial charge in [0.2, 0.25) is 0 Å². The maximum atomic E-state index is 12.6. The quantitative estimate of drug-likeness (QED) is 0.346. The monoisotopic (exact) mass is 402 g/mol. The normalized spacial score (nSPS) is 11.7. The fourth-order valence-corrected chi connectivity index (χ4v) is 3.67. The molecular formula is C24H26N4O2. The molecule has 0 saturated carbocycles. The van der Waals surface area contributed by atoms with E-state index in [1.54, 1.807) is 0 Å². The molecule has 2 aromatic carbocycles. The lowest BCUT2D eigenvalue weighted by Crippen LogP contribution is -2.43. The second-order valence-electron chi connectivity index (χ2n) is 8.26. The highest BCUT2D eigenvalue weighted by molar-refractivity contribution is 5.99. The van der Waals surface area contributed by atoms with Crippen molar-refractivity contribution in [3.05, 3.63) is 72.1 Å². The Bertz CT molecular complexity index is 1200. The van der Waals surface area contributed by atoms with Gasteiger partial charge in [-0.3, -0.25) is 9.59 Å². The van der Waals surface area contributed by atoms with Crippen LogP contribution in [0.3, 0.4) is 0 Å². The Hall–Kier alpha value is -3.54. The molecule has 4 N–H and O–H groups in total. The third-order valence-electron chi connectivity index (χ3n) is 5.35. The zero-order valence-electron chi connectivity index (χ0n) is 17.2. The zero-order chi connectivity index (χ0) is 21.1. The predicted molar refractivity (Wildman–Crippen MR) is 120 cm³/mol. The molecule has 0 aliphatic heterocycles. The molecule has 0 spiro atoms. The average Bonchev–Trinajstić information content (AvgIpc) is 3.38. The molecule has 0 aliphatic carbocycles. The smallest absolute Gasteiger partial charge is 0.251 e. The van der Waals surface area contributed by atoms with E-state index in [4.69, 9.17) is 0 Å². The first-order chi connectivity index (χ1) is 14.4. The number of H-pyrrole nitrogens is 2. The van der Waals surface area contributed by atoms with Crippen LogP contribution in [0.5, 0.6) is 0 Å². The molecule has 6 nitrogen and oxygen atoms in total. The molecular weight excluding hydrogens is 376 g/mol. The molecule has 2 amide bonds. The highest BCUT2D eigenvalue weighted by atomic mass is 16.2. The minimum Gasteiger partial charge on any atom is -0.361 e. The van der Waals surface area contributed by atoms with Gasteiger partial charge in [0.15, 0.2) is 0 Å². The summed E-state index contributed by atoms with van der Waals surface area (Å²) in [5.41, 5.74) is 2.94. The summed E-state index contributed by atoms with van der Waals surface area (Å²) < 4.78 is 0. The van der Waals surface area contributed by atoms with Gasteiger partial charge in [-0.05, 0) is 75.2 Å². The first-order valence-corrected chi connectivity index (χ1v) is 10.2. The lowest BCUT2D eigenvalue weighted by atomic mass is 9.97. The van der Waals surface area contributed by atoms with Crippen LogP contribution in [0.1, 0.15) is 47.4 Å². The topological polar surface area (TPSA) is 89.8 Å². The molecule has 0 saturated heterocycles. The van der Waals surface area contributed by atoms with Crippen molar-refractivity contribution >= 4 is 33.6 Å². The van der Waals surface area contributed by atoms with Crippen LogP contribution in [0, 0.1) is 0 Å². The standard InChI is InChI=1S/C24H26N4O2/c1-24(2,28-23(30)19-5-7-21-17(15-19)9-13-26-21)10-3-11-27-22(29)18-4-6-20-16(14-18)8-12-25-20/h4-9,12-15,25-26H,3,10-11H2,1-2H3,(H,27,29)(H,28,30). The second-order valence-corrected chi connectivity index (χ2v) is 8.26. The third kappa shape index (κ3) is 4.38. The van der Waals surface area contributed by atoms with Gasteiger partial charge in [0, 0.05) is 57.4 Å². The van der Waals surface area contributed by atoms with E-state index >= 15 is 0 Å².